The lowest BCUT2D eigenvalue weighted by Gasteiger charge is -2.23. The minimum atomic E-state index is -0.0234. The number of carbonyl (C=O) groups excluding carboxylic acids is 1. The predicted molar refractivity (Wildman–Crippen MR) is 99.8 cm³/mol. The van der Waals surface area contributed by atoms with Gasteiger partial charge >= 0.3 is 0 Å². The Morgan fingerprint density at radius 3 is 3.04 bits per heavy atom. The van der Waals surface area contributed by atoms with Crippen LogP contribution < -0.4 is 10.1 Å². The second kappa shape index (κ2) is 7.68. The molecule has 2 atom stereocenters. The minimum absolute atomic E-state index is 0.0120. The second-order valence-electron chi connectivity index (χ2n) is 6.92. The number of piperidine rings is 1. The third-order valence-corrected chi connectivity index (χ3v) is 5.24. The Balaban J connectivity index is 1.36. The number of amides is 1. The molecule has 2 unspecified atom stereocenters. The van der Waals surface area contributed by atoms with Gasteiger partial charge in [-0.05, 0) is 43.7 Å². The summed E-state index contributed by atoms with van der Waals surface area (Å²) >= 11 is 6.00. The monoisotopic (exact) mass is 374 g/mol. The molecule has 4 rings (SSSR count). The number of nitrogens with zero attached hydrogens (tertiary/aromatic N) is 3. The molecule has 2 aliphatic rings. The van der Waals surface area contributed by atoms with Crippen LogP contribution in [0.4, 0.5) is 0 Å². The summed E-state index contributed by atoms with van der Waals surface area (Å²) in [5, 5.41) is 8.55. The molecule has 0 spiro atoms. The molecule has 2 aliphatic heterocycles. The van der Waals surface area contributed by atoms with Crippen molar-refractivity contribution in [3.8, 4) is 5.75 Å². The van der Waals surface area contributed by atoms with E-state index < -0.39 is 0 Å². The fraction of sp³-hybridized carbons (Fsp3) is 0.474. The minimum Gasteiger partial charge on any atom is -0.488 e. The first-order chi connectivity index (χ1) is 12.7. The zero-order valence-corrected chi connectivity index (χ0v) is 15.4. The van der Waals surface area contributed by atoms with E-state index >= 15 is 0 Å². The van der Waals surface area contributed by atoms with Crippen molar-refractivity contribution < 1.29 is 9.53 Å². The summed E-state index contributed by atoms with van der Waals surface area (Å²) in [6.07, 6.45) is 4.96. The van der Waals surface area contributed by atoms with Gasteiger partial charge in [0.15, 0.2) is 0 Å². The maximum Gasteiger partial charge on any atom is 0.274 e. The van der Waals surface area contributed by atoms with Crippen molar-refractivity contribution in [1.82, 2.24) is 20.0 Å². The van der Waals surface area contributed by atoms with Crippen LogP contribution in [-0.4, -0.2) is 52.9 Å². The highest BCUT2D eigenvalue weighted by Gasteiger charge is 2.30. The summed E-state index contributed by atoms with van der Waals surface area (Å²) in [6.45, 7) is 3.23. The SMILES string of the molecule is O=C(c1ccn(C2CCCNC2)n1)N1CCC(Oc2cccc(Cl)c2)C1. The fourth-order valence-electron chi connectivity index (χ4n) is 3.62. The molecule has 1 N–H and O–H groups in total. The van der Waals surface area contributed by atoms with Crippen LogP contribution in [0.3, 0.4) is 0 Å². The number of hydrogen-bond acceptors (Lipinski definition) is 4. The van der Waals surface area contributed by atoms with Crippen LogP contribution in [0, 0.1) is 0 Å². The van der Waals surface area contributed by atoms with Crippen LogP contribution in [0.25, 0.3) is 0 Å². The summed E-state index contributed by atoms with van der Waals surface area (Å²) in [5.41, 5.74) is 0.513. The Bertz CT molecular complexity index is 772. The fourth-order valence-corrected chi connectivity index (χ4v) is 3.80. The normalized spacial score (nSPS) is 23.2. The number of nitrogens with one attached hydrogen (secondary N) is 1. The largest absolute Gasteiger partial charge is 0.488 e. The zero-order valence-electron chi connectivity index (χ0n) is 14.6. The van der Waals surface area contributed by atoms with Crippen LogP contribution in [0.1, 0.15) is 35.8 Å². The lowest BCUT2D eigenvalue weighted by Crippen LogP contribution is -2.33. The van der Waals surface area contributed by atoms with Crippen molar-refractivity contribution in [2.24, 2.45) is 0 Å². The first-order valence-corrected chi connectivity index (χ1v) is 9.54. The van der Waals surface area contributed by atoms with E-state index in [1.54, 1.807) is 6.07 Å². The number of rotatable bonds is 4. The molecular formula is C19H23ClN4O2. The molecular weight excluding hydrogens is 352 g/mol. The first-order valence-electron chi connectivity index (χ1n) is 9.16. The standard InChI is InChI=1S/C19H23ClN4O2/c20-14-3-1-5-16(11-14)26-17-6-9-23(13-17)19(25)18-7-10-24(22-18)15-4-2-8-21-12-15/h1,3,5,7,10-11,15,17,21H,2,4,6,8-9,12-13H2. The molecule has 0 bridgehead atoms. The van der Waals surface area contributed by atoms with Crippen molar-refractivity contribution in [2.75, 3.05) is 26.2 Å². The molecule has 0 radical (unpaired) electrons. The van der Waals surface area contributed by atoms with E-state index in [1.807, 2.05) is 40.0 Å². The molecule has 2 fully saturated rings. The lowest BCUT2D eigenvalue weighted by molar-refractivity contribution is 0.0765. The van der Waals surface area contributed by atoms with Gasteiger partial charge in [0, 0.05) is 30.7 Å². The number of hydrogen-bond donors (Lipinski definition) is 1. The van der Waals surface area contributed by atoms with Gasteiger partial charge in [-0.15, -0.1) is 0 Å². The molecule has 1 amide bonds. The third-order valence-electron chi connectivity index (χ3n) is 5.00. The van der Waals surface area contributed by atoms with E-state index in [4.69, 9.17) is 16.3 Å². The molecule has 26 heavy (non-hydrogen) atoms. The van der Waals surface area contributed by atoms with Crippen molar-refractivity contribution in [3.05, 3.63) is 47.2 Å². The molecule has 138 valence electrons. The molecule has 2 aromatic rings. The molecule has 6 nitrogen and oxygen atoms in total. The van der Waals surface area contributed by atoms with E-state index in [9.17, 15) is 4.79 Å². The highest BCUT2D eigenvalue weighted by atomic mass is 35.5. The summed E-state index contributed by atoms with van der Waals surface area (Å²) < 4.78 is 7.89. The number of aromatic nitrogens is 2. The van der Waals surface area contributed by atoms with Crippen LogP contribution in [0.5, 0.6) is 5.75 Å². The zero-order chi connectivity index (χ0) is 17.9. The van der Waals surface area contributed by atoms with E-state index in [1.165, 1.54) is 0 Å². The quantitative estimate of drug-likeness (QED) is 0.894. The lowest BCUT2D eigenvalue weighted by atomic mass is 10.1. The highest BCUT2D eigenvalue weighted by molar-refractivity contribution is 6.30. The van der Waals surface area contributed by atoms with Gasteiger partial charge in [0.25, 0.3) is 5.91 Å². The maximum atomic E-state index is 12.8. The Labute approximate surface area is 158 Å². The molecule has 3 heterocycles. The molecule has 0 aliphatic carbocycles. The number of likely N-dealkylation sites (tertiary alicyclic amines) is 1. The van der Waals surface area contributed by atoms with Gasteiger partial charge in [0.1, 0.15) is 17.5 Å². The number of benzene rings is 1. The number of carbonyl (C=O) groups is 1. The average molecular weight is 375 g/mol. The van der Waals surface area contributed by atoms with Gasteiger partial charge in [-0.25, -0.2) is 0 Å². The van der Waals surface area contributed by atoms with Crippen molar-refractivity contribution in [1.29, 1.82) is 0 Å². The topological polar surface area (TPSA) is 59.4 Å². The summed E-state index contributed by atoms with van der Waals surface area (Å²) in [6, 6.07) is 9.52. The number of halogens is 1. The van der Waals surface area contributed by atoms with Crippen molar-refractivity contribution in [2.45, 2.75) is 31.4 Å². The van der Waals surface area contributed by atoms with Gasteiger partial charge in [0.05, 0.1) is 12.6 Å². The smallest absolute Gasteiger partial charge is 0.274 e. The first kappa shape index (κ1) is 17.4. The predicted octanol–water partition coefficient (Wildman–Crippen LogP) is 2.75. The van der Waals surface area contributed by atoms with E-state index in [0.717, 1.165) is 38.1 Å². The average Bonchev–Trinajstić information content (AvgIpc) is 3.32. The van der Waals surface area contributed by atoms with Crippen molar-refractivity contribution in [3.63, 3.8) is 0 Å². The Hall–Kier alpha value is -2.05. The molecule has 1 aromatic heterocycles. The van der Waals surface area contributed by atoms with Gasteiger partial charge in [-0.3, -0.25) is 9.48 Å². The van der Waals surface area contributed by atoms with Crippen LogP contribution in [0.2, 0.25) is 5.02 Å². The Kier molecular flexibility index (Phi) is 5.13. The summed E-state index contributed by atoms with van der Waals surface area (Å²) in [7, 11) is 0. The van der Waals surface area contributed by atoms with Crippen molar-refractivity contribution >= 4 is 17.5 Å². The maximum absolute atomic E-state index is 12.8. The highest BCUT2D eigenvalue weighted by Crippen LogP contribution is 2.23. The molecule has 0 saturated carbocycles. The van der Waals surface area contributed by atoms with Crippen LogP contribution in [0.15, 0.2) is 36.5 Å². The van der Waals surface area contributed by atoms with Gasteiger partial charge in [0.2, 0.25) is 0 Å². The van der Waals surface area contributed by atoms with Gasteiger partial charge < -0.3 is 15.0 Å². The van der Waals surface area contributed by atoms with Gasteiger partial charge in [-0.1, -0.05) is 17.7 Å². The summed E-state index contributed by atoms with van der Waals surface area (Å²) in [5.74, 6) is 0.718. The third kappa shape index (κ3) is 3.86. The summed E-state index contributed by atoms with van der Waals surface area (Å²) in [4.78, 5) is 14.6. The Morgan fingerprint density at radius 1 is 1.31 bits per heavy atom. The number of ether oxygens (including phenoxy) is 1. The second-order valence-corrected chi connectivity index (χ2v) is 7.35. The molecule has 7 heteroatoms. The molecule has 2 saturated heterocycles. The Morgan fingerprint density at radius 2 is 2.23 bits per heavy atom. The van der Waals surface area contributed by atoms with E-state index in [-0.39, 0.29) is 12.0 Å². The van der Waals surface area contributed by atoms with E-state index in [2.05, 4.69) is 10.4 Å². The van der Waals surface area contributed by atoms with Crippen LogP contribution >= 0.6 is 11.6 Å². The van der Waals surface area contributed by atoms with Crippen LogP contribution in [-0.2, 0) is 0 Å². The molecule has 1 aromatic carbocycles. The van der Waals surface area contributed by atoms with E-state index in [0.29, 0.717) is 29.8 Å². The van der Waals surface area contributed by atoms with Gasteiger partial charge in [-0.2, -0.15) is 5.10 Å².